The van der Waals surface area contributed by atoms with Crippen molar-refractivity contribution in [2.24, 2.45) is 0 Å². The predicted molar refractivity (Wildman–Crippen MR) is 101 cm³/mol. The van der Waals surface area contributed by atoms with Gasteiger partial charge in [0.05, 0.1) is 0 Å². The van der Waals surface area contributed by atoms with Crippen LogP contribution in [0.1, 0.15) is 34.7 Å². The molecule has 0 saturated carbocycles. The molecule has 0 bridgehead atoms. The Bertz CT molecular complexity index is 1140. The summed E-state index contributed by atoms with van der Waals surface area (Å²) < 4.78 is 1.55. The van der Waals surface area contributed by atoms with Crippen LogP contribution in [0.25, 0.3) is 16.7 Å². The van der Waals surface area contributed by atoms with Crippen LogP contribution < -0.4 is 5.73 Å². The summed E-state index contributed by atoms with van der Waals surface area (Å²) in [6.45, 7) is 1.36. The first-order valence-corrected chi connectivity index (χ1v) is 9.02. The van der Waals surface area contributed by atoms with E-state index >= 15 is 0 Å². The number of anilines is 1. The van der Waals surface area contributed by atoms with Crippen molar-refractivity contribution < 1.29 is 4.79 Å². The van der Waals surface area contributed by atoms with Crippen LogP contribution in [0.15, 0.2) is 43.0 Å². The van der Waals surface area contributed by atoms with E-state index in [1.807, 2.05) is 17.2 Å². The van der Waals surface area contributed by atoms with Crippen LogP contribution in [0.2, 0.25) is 0 Å². The fraction of sp³-hybridized carbons (Fsp3) is 0.263. The molecule has 0 radical (unpaired) electrons. The average molecular weight is 361 g/mol. The van der Waals surface area contributed by atoms with Crippen molar-refractivity contribution in [1.82, 2.24) is 29.5 Å². The zero-order chi connectivity index (χ0) is 18.4. The number of carbonyl (C=O) groups excluding carboxylic acids is 1. The molecule has 5 rings (SSSR count). The lowest BCUT2D eigenvalue weighted by molar-refractivity contribution is 0.0716. The minimum Gasteiger partial charge on any atom is -0.381 e. The van der Waals surface area contributed by atoms with Crippen LogP contribution in [-0.4, -0.2) is 48.5 Å². The number of hydrogen-bond acceptors (Lipinski definition) is 5. The molecule has 0 spiro atoms. The molecule has 136 valence electrons. The number of nitrogens with zero attached hydrogens (tertiary/aromatic N) is 5. The summed E-state index contributed by atoms with van der Waals surface area (Å²) in [5.74, 6) is 0.537. The zero-order valence-electron chi connectivity index (χ0n) is 14.7. The van der Waals surface area contributed by atoms with Crippen molar-refractivity contribution in [3.63, 3.8) is 0 Å². The molecule has 27 heavy (non-hydrogen) atoms. The number of nitrogens with two attached hydrogens (primary N) is 1. The topological polar surface area (TPSA) is 105 Å². The normalized spacial score (nSPS) is 15.6. The van der Waals surface area contributed by atoms with Gasteiger partial charge in [0.25, 0.3) is 5.91 Å². The van der Waals surface area contributed by atoms with Crippen molar-refractivity contribution in [3.8, 4) is 0 Å². The third-order valence-electron chi connectivity index (χ3n) is 5.34. The van der Waals surface area contributed by atoms with Gasteiger partial charge in [-0.25, -0.2) is 14.5 Å². The molecule has 1 saturated heterocycles. The van der Waals surface area contributed by atoms with Gasteiger partial charge in [0, 0.05) is 43.3 Å². The van der Waals surface area contributed by atoms with Crippen LogP contribution in [0.3, 0.4) is 0 Å². The van der Waals surface area contributed by atoms with Crippen LogP contribution in [-0.2, 0) is 0 Å². The molecule has 0 aliphatic carbocycles. The molecule has 1 amide bonds. The molecule has 8 heteroatoms. The standard InChI is InChI=1S/C19H19N7O/c20-16-15(18-22-7-2-8-26(18)24-16)19(27)25-9-4-12(5-10-25)14-11-23-17-13(14)3-1-6-21-17/h1-3,6-8,11-12H,4-5,9-10H2,(H2,20,24)(H,21,23). The van der Waals surface area contributed by atoms with Crippen molar-refractivity contribution in [1.29, 1.82) is 0 Å². The number of carbonyl (C=O) groups is 1. The third-order valence-corrected chi connectivity index (χ3v) is 5.34. The molecular formula is C19H19N7O. The van der Waals surface area contributed by atoms with Crippen LogP contribution in [0.5, 0.6) is 0 Å². The van der Waals surface area contributed by atoms with Gasteiger partial charge in [-0.15, -0.1) is 5.10 Å². The average Bonchev–Trinajstić information content (AvgIpc) is 3.28. The maximum atomic E-state index is 13.0. The van der Waals surface area contributed by atoms with Gasteiger partial charge in [-0.2, -0.15) is 0 Å². The number of H-pyrrole nitrogens is 1. The summed E-state index contributed by atoms with van der Waals surface area (Å²) in [5.41, 5.74) is 9.09. The van der Waals surface area contributed by atoms with Gasteiger partial charge in [-0.3, -0.25) is 4.79 Å². The second-order valence-corrected chi connectivity index (χ2v) is 6.86. The van der Waals surface area contributed by atoms with Crippen molar-refractivity contribution in [2.75, 3.05) is 18.8 Å². The first-order valence-electron chi connectivity index (χ1n) is 9.02. The summed E-state index contributed by atoms with van der Waals surface area (Å²) in [5, 5.41) is 5.36. The Morgan fingerprint density at radius 1 is 1.19 bits per heavy atom. The maximum Gasteiger partial charge on any atom is 0.261 e. The van der Waals surface area contributed by atoms with Crippen molar-refractivity contribution in [2.45, 2.75) is 18.8 Å². The number of amides is 1. The zero-order valence-corrected chi connectivity index (χ0v) is 14.7. The lowest BCUT2D eigenvalue weighted by atomic mass is 9.89. The van der Waals surface area contributed by atoms with E-state index in [9.17, 15) is 4.79 Å². The summed E-state index contributed by atoms with van der Waals surface area (Å²) in [6.07, 6.45) is 9.03. The van der Waals surface area contributed by atoms with Gasteiger partial charge >= 0.3 is 0 Å². The fourth-order valence-corrected chi connectivity index (χ4v) is 3.98. The molecule has 0 aromatic carbocycles. The molecule has 8 nitrogen and oxygen atoms in total. The van der Waals surface area contributed by atoms with E-state index in [1.54, 1.807) is 29.2 Å². The molecule has 0 unspecified atom stereocenters. The highest BCUT2D eigenvalue weighted by Crippen LogP contribution is 2.33. The molecule has 1 aliphatic rings. The van der Waals surface area contributed by atoms with Gasteiger partial charge in [0.1, 0.15) is 11.2 Å². The minimum atomic E-state index is -0.0970. The number of nitrogens with one attached hydrogen (secondary N) is 1. The molecule has 3 N–H and O–H groups in total. The highest BCUT2D eigenvalue weighted by atomic mass is 16.2. The Morgan fingerprint density at radius 3 is 2.85 bits per heavy atom. The molecule has 1 aliphatic heterocycles. The first-order chi connectivity index (χ1) is 13.2. The number of rotatable bonds is 2. The summed E-state index contributed by atoms with van der Waals surface area (Å²) in [4.78, 5) is 26.8. The monoisotopic (exact) mass is 361 g/mol. The van der Waals surface area contributed by atoms with Crippen LogP contribution in [0, 0.1) is 0 Å². The lowest BCUT2D eigenvalue weighted by Gasteiger charge is -2.31. The van der Waals surface area contributed by atoms with Crippen molar-refractivity contribution >= 4 is 28.4 Å². The Morgan fingerprint density at radius 2 is 2.00 bits per heavy atom. The van der Waals surface area contributed by atoms with Crippen LogP contribution in [0.4, 0.5) is 5.82 Å². The van der Waals surface area contributed by atoms with Gasteiger partial charge < -0.3 is 15.6 Å². The number of piperidine rings is 1. The molecule has 1 fully saturated rings. The van der Waals surface area contributed by atoms with E-state index in [-0.39, 0.29) is 11.7 Å². The van der Waals surface area contributed by atoms with E-state index in [0.29, 0.717) is 30.2 Å². The number of pyridine rings is 1. The second-order valence-electron chi connectivity index (χ2n) is 6.86. The molecule has 0 atom stereocenters. The number of likely N-dealkylation sites (tertiary alicyclic amines) is 1. The smallest absolute Gasteiger partial charge is 0.261 e. The van der Waals surface area contributed by atoms with Gasteiger partial charge in [0.2, 0.25) is 0 Å². The van der Waals surface area contributed by atoms with E-state index in [0.717, 1.165) is 18.5 Å². The highest BCUT2D eigenvalue weighted by Gasteiger charge is 2.29. The number of nitrogen functional groups attached to an aromatic ring is 1. The SMILES string of the molecule is Nc1nn2cccnc2c1C(=O)N1CCC(c2c[nH]c3ncccc23)CC1. The molecule has 4 aromatic heterocycles. The van der Waals surface area contributed by atoms with Gasteiger partial charge in [-0.05, 0) is 42.5 Å². The number of aromatic nitrogens is 5. The molecule has 5 heterocycles. The van der Waals surface area contributed by atoms with Crippen LogP contribution >= 0.6 is 0 Å². The maximum absolute atomic E-state index is 13.0. The molecular weight excluding hydrogens is 342 g/mol. The Kier molecular flexibility index (Phi) is 3.56. The number of fused-ring (bicyclic) bond motifs is 2. The first kappa shape index (κ1) is 15.8. The molecule has 4 aromatic rings. The Balaban J connectivity index is 1.37. The number of aromatic amines is 1. The van der Waals surface area contributed by atoms with E-state index < -0.39 is 0 Å². The largest absolute Gasteiger partial charge is 0.381 e. The lowest BCUT2D eigenvalue weighted by Crippen LogP contribution is -2.38. The van der Waals surface area contributed by atoms with E-state index in [1.165, 1.54) is 10.9 Å². The van der Waals surface area contributed by atoms with Gasteiger partial charge in [0.15, 0.2) is 11.5 Å². The summed E-state index contributed by atoms with van der Waals surface area (Å²) >= 11 is 0. The quantitative estimate of drug-likeness (QED) is 0.569. The summed E-state index contributed by atoms with van der Waals surface area (Å²) in [7, 11) is 0. The predicted octanol–water partition coefficient (Wildman–Crippen LogP) is 2.21. The van der Waals surface area contributed by atoms with E-state index in [2.05, 4.69) is 26.1 Å². The highest BCUT2D eigenvalue weighted by molar-refractivity contribution is 6.04. The second kappa shape index (κ2) is 6.08. The third kappa shape index (κ3) is 2.52. The number of hydrogen-bond donors (Lipinski definition) is 2. The van der Waals surface area contributed by atoms with Crippen molar-refractivity contribution in [3.05, 3.63) is 54.1 Å². The fourth-order valence-electron chi connectivity index (χ4n) is 3.98. The summed E-state index contributed by atoms with van der Waals surface area (Å²) in [6, 6.07) is 5.81. The van der Waals surface area contributed by atoms with E-state index in [4.69, 9.17) is 5.73 Å². The minimum absolute atomic E-state index is 0.0970. The Labute approximate surface area is 155 Å². The van der Waals surface area contributed by atoms with Gasteiger partial charge in [-0.1, -0.05) is 0 Å². The Hall–Kier alpha value is -3.42.